The molecule has 150 valence electrons. The summed E-state index contributed by atoms with van der Waals surface area (Å²) in [4.78, 5) is 25.9. The summed E-state index contributed by atoms with van der Waals surface area (Å²) in [5, 5.41) is 13.4. The summed E-state index contributed by atoms with van der Waals surface area (Å²) >= 11 is 0. The zero-order valence-electron chi connectivity index (χ0n) is 16.0. The molecule has 1 aromatic heterocycles. The fourth-order valence-electron chi connectivity index (χ4n) is 3.00. The Kier molecular flexibility index (Phi) is 9.89. The average molecular weight is 397 g/mol. The highest BCUT2D eigenvalue weighted by Crippen LogP contribution is 2.25. The van der Waals surface area contributed by atoms with Crippen LogP contribution < -0.4 is 28.2 Å². The summed E-state index contributed by atoms with van der Waals surface area (Å²) in [5.74, 6) is -0.914. The maximum Gasteiger partial charge on any atom is 0.353 e. The molecule has 1 heterocycles. The number of hydrogen-bond acceptors (Lipinski definition) is 4. The Morgan fingerprint density at radius 1 is 1.11 bits per heavy atom. The lowest BCUT2D eigenvalue weighted by Crippen LogP contribution is -3.12. The highest BCUT2D eigenvalue weighted by molar-refractivity contribution is 6.01. The predicted molar refractivity (Wildman–Crippen MR) is 102 cm³/mol. The van der Waals surface area contributed by atoms with Crippen LogP contribution in [0, 0.1) is 0 Å². The van der Waals surface area contributed by atoms with Gasteiger partial charge in [0, 0.05) is 0 Å². The number of amides is 1. The van der Waals surface area contributed by atoms with Crippen molar-refractivity contribution in [1.29, 1.82) is 0 Å². The fraction of sp³-hybridized carbons (Fsp3) is 0.500. The van der Waals surface area contributed by atoms with E-state index in [2.05, 4.69) is 19.2 Å². The molecule has 3 N–H and O–H groups in total. The molecule has 0 radical (unpaired) electrons. The third-order valence-electron chi connectivity index (χ3n) is 4.54. The van der Waals surface area contributed by atoms with Crippen molar-refractivity contribution in [1.82, 2.24) is 5.32 Å². The van der Waals surface area contributed by atoms with E-state index in [1.165, 1.54) is 4.90 Å². The van der Waals surface area contributed by atoms with Gasteiger partial charge in [0.2, 0.25) is 0 Å². The quantitative estimate of drug-likeness (QED) is 0.437. The molecule has 0 aliphatic carbocycles. The molecule has 0 fully saturated rings. The second kappa shape index (κ2) is 11.6. The normalized spacial score (nSPS) is 10.8. The molecule has 1 amide bonds. The number of halogens is 1. The van der Waals surface area contributed by atoms with Gasteiger partial charge in [0.15, 0.2) is 5.56 Å². The molecule has 1 aromatic carbocycles. The third kappa shape index (κ3) is 6.26. The van der Waals surface area contributed by atoms with Gasteiger partial charge in [-0.2, -0.15) is 0 Å². The number of rotatable bonds is 10. The van der Waals surface area contributed by atoms with Gasteiger partial charge in [-0.05, 0) is 25.0 Å². The lowest BCUT2D eigenvalue weighted by atomic mass is 10.1. The van der Waals surface area contributed by atoms with Gasteiger partial charge in [-0.15, -0.1) is 0 Å². The summed E-state index contributed by atoms with van der Waals surface area (Å²) in [6.07, 6.45) is 4.60. The Bertz CT molecular complexity index is 783. The van der Waals surface area contributed by atoms with Crippen LogP contribution in [0.3, 0.4) is 0 Å². The maximum atomic E-state index is 12.4. The average Bonchev–Trinajstić information content (AvgIpc) is 2.63. The van der Waals surface area contributed by atoms with Crippen molar-refractivity contribution in [3.05, 3.63) is 40.2 Å². The molecule has 7 heteroatoms. The molecule has 0 aliphatic rings. The number of carbonyl (C=O) groups excluding carboxylic acids is 1. The number of para-hydroxylation sites is 1. The molecule has 0 unspecified atom stereocenters. The van der Waals surface area contributed by atoms with E-state index < -0.39 is 11.5 Å². The van der Waals surface area contributed by atoms with Crippen LogP contribution in [0.25, 0.3) is 11.0 Å². The van der Waals surface area contributed by atoms with Crippen molar-refractivity contribution in [2.45, 2.75) is 39.5 Å². The number of unbranched alkanes of at least 4 members (excludes halogenated alkanes) is 2. The van der Waals surface area contributed by atoms with Crippen LogP contribution in [-0.4, -0.2) is 37.2 Å². The van der Waals surface area contributed by atoms with Crippen molar-refractivity contribution >= 4 is 16.9 Å². The van der Waals surface area contributed by atoms with Crippen molar-refractivity contribution < 1.29 is 31.6 Å². The van der Waals surface area contributed by atoms with Gasteiger partial charge < -0.3 is 32.1 Å². The summed E-state index contributed by atoms with van der Waals surface area (Å²) in [7, 11) is 0. The van der Waals surface area contributed by atoms with Crippen LogP contribution >= 0.6 is 0 Å². The first-order valence-electron chi connectivity index (χ1n) is 9.45. The number of quaternary nitrogens is 1. The van der Waals surface area contributed by atoms with Gasteiger partial charge in [0.05, 0.1) is 31.6 Å². The van der Waals surface area contributed by atoms with Crippen LogP contribution in [0.4, 0.5) is 0 Å². The van der Waals surface area contributed by atoms with E-state index in [9.17, 15) is 14.7 Å². The predicted octanol–water partition coefficient (Wildman–Crippen LogP) is -1.28. The summed E-state index contributed by atoms with van der Waals surface area (Å²) in [6.45, 7) is 7.74. The van der Waals surface area contributed by atoms with Crippen molar-refractivity contribution in [2.75, 3.05) is 26.2 Å². The molecule has 2 aromatic rings. The maximum absolute atomic E-state index is 12.4. The topological polar surface area (TPSA) is 84.0 Å². The molecule has 2 rings (SSSR count). The molecule has 0 saturated carbocycles. The molecule has 27 heavy (non-hydrogen) atoms. The summed E-state index contributed by atoms with van der Waals surface area (Å²) < 4.78 is 5.15. The second-order valence-electron chi connectivity index (χ2n) is 6.57. The number of nitrogens with one attached hydrogen (secondary N) is 2. The van der Waals surface area contributed by atoms with E-state index in [0.29, 0.717) is 11.9 Å². The van der Waals surface area contributed by atoms with Gasteiger partial charge >= 0.3 is 5.63 Å². The highest BCUT2D eigenvalue weighted by Gasteiger charge is 2.21. The lowest BCUT2D eigenvalue weighted by Gasteiger charge is -2.19. The van der Waals surface area contributed by atoms with Crippen LogP contribution in [0.5, 0.6) is 5.75 Å². The summed E-state index contributed by atoms with van der Waals surface area (Å²) in [5.41, 5.74) is -0.881. The van der Waals surface area contributed by atoms with Crippen LogP contribution in [0.2, 0.25) is 0 Å². The Balaban J connectivity index is 0.00000364. The van der Waals surface area contributed by atoms with E-state index in [-0.39, 0.29) is 29.3 Å². The van der Waals surface area contributed by atoms with Gasteiger partial charge in [-0.25, -0.2) is 4.79 Å². The molecule has 0 atom stereocenters. The number of hydrogen-bond donors (Lipinski definition) is 3. The first-order chi connectivity index (χ1) is 12.6. The third-order valence-corrected chi connectivity index (χ3v) is 4.54. The van der Waals surface area contributed by atoms with Crippen molar-refractivity contribution in [2.24, 2.45) is 0 Å². The Hall–Kier alpha value is -2.05. The Labute approximate surface area is 166 Å². The van der Waals surface area contributed by atoms with E-state index in [4.69, 9.17) is 4.42 Å². The first kappa shape index (κ1) is 23.0. The largest absolute Gasteiger partial charge is 1.00 e. The molecular formula is C20H29ClN2O4. The SMILES string of the molecule is CCCC[NH+](CCCC)CCNC(=O)c1c(O)c2ccccc2oc1=O.[Cl-]. The van der Waals surface area contributed by atoms with Gasteiger partial charge in [0.25, 0.3) is 5.91 Å². The Morgan fingerprint density at radius 3 is 2.37 bits per heavy atom. The van der Waals surface area contributed by atoms with Crippen LogP contribution in [0.1, 0.15) is 49.9 Å². The highest BCUT2D eigenvalue weighted by atomic mass is 35.5. The van der Waals surface area contributed by atoms with E-state index in [0.717, 1.165) is 45.3 Å². The smallest absolute Gasteiger partial charge is 0.353 e. The zero-order valence-corrected chi connectivity index (χ0v) is 16.8. The van der Waals surface area contributed by atoms with E-state index in [1.54, 1.807) is 24.3 Å². The van der Waals surface area contributed by atoms with Crippen LogP contribution in [-0.2, 0) is 0 Å². The first-order valence-corrected chi connectivity index (χ1v) is 9.45. The molecule has 0 bridgehead atoms. The Morgan fingerprint density at radius 2 is 1.74 bits per heavy atom. The van der Waals surface area contributed by atoms with Gasteiger partial charge in [-0.1, -0.05) is 38.8 Å². The van der Waals surface area contributed by atoms with Crippen molar-refractivity contribution in [3.8, 4) is 5.75 Å². The second-order valence-corrected chi connectivity index (χ2v) is 6.57. The van der Waals surface area contributed by atoms with E-state index >= 15 is 0 Å². The molecule has 0 spiro atoms. The molecular weight excluding hydrogens is 368 g/mol. The molecule has 6 nitrogen and oxygen atoms in total. The minimum Gasteiger partial charge on any atom is -1.00 e. The number of carbonyl (C=O) groups is 1. The number of benzene rings is 1. The summed E-state index contributed by atoms with van der Waals surface area (Å²) in [6, 6.07) is 6.62. The van der Waals surface area contributed by atoms with Crippen LogP contribution in [0.15, 0.2) is 33.5 Å². The standard InChI is InChI=1S/C20H28N2O4.ClH/c1-3-5-12-22(13-6-4-2)14-11-21-19(24)17-18(23)15-9-7-8-10-16(15)26-20(17)25;/h7-10,23H,3-6,11-14H2,1-2H3,(H,21,24);1H. The van der Waals surface area contributed by atoms with Crippen molar-refractivity contribution in [3.63, 3.8) is 0 Å². The van der Waals surface area contributed by atoms with Gasteiger partial charge in [0.1, 0.15) is 11.3 Å². The van der Waals surface area contributed by atoms with Gasteiger partial charge in [-0.3, -0.25) is 4.79 Å². The zero-order chi connectivity index (χ0) is 18.9. The molecule has 0 aliphatic heterocycles. The minimum absolute atomic E-state index is 0. The fourth-order valence-corrected chi connectivity index (χ4v) is 3.00. The number of aromatic hydroxyl groups is 1. The molecule has 0 saturated heterocycles. The van der Waals surface area contributed by atoms with E-state index in [1.807, 2.05) is 0 Å². The monoisotopic (exact) mass is 396 g/mol. The number of fused-ring (bicyclic) bond motifs is 1. The minimum atomic E-state index is -0.820. The lowest BCUT2D eigenvalue weighted by molar-refractivity contribution is -0.899.